The largest absolute Gasteiger partial charge is 0.385 e. The van der Waals surface area contributed by atoms with Crippen LogP contribution in [0.2, 0.25) is 0 Å². The lowest BCUT2D eigenvalue weighted by Crippen LogP contribution is -2.10. The van der Waals surface area contributed by atoms with Gasteiger partial charge in [0, 0.05) is 32.8 Å². The Morgan fingerprint density at radius 2 is 2.27 bits per heavy atom. The highest BCUT2D eigenvalue weighted by molar-refractivity contribution is 4.90. The molecule has 1 heterocycles. The molecule has 0 amide bonds. The molecule has 1 rings (SSSR count). The first-order valence-corrected chi connectivity index (χ1v) is 4.48. The fourth-order valence-electron chi connectivity index (χ4n) is 1.49. The van der Waals surface area contributed by atoms with Crippen molar-refractivity contribution in [3.05, 3.63) is 0 Å². The predicted molar refractivity (Wildman–Crippen MR) is 46.7 cm³/mol. The second-order valence-electron chi connectivity index (χ2n) is 3.65. The van der Waals surface area contributed by atoms with Crippen LogP contribution in [0.3, 0.4) is 0 Å². The van der Waals surface area contributed by atoms with Crippen molar-refractivity contribution in [3.8, 4) is 0 Å². The quantitative estimate of drug-likeness (QED) is 0.441. The molecule has 0 bridgehead atoms. The molecule has 1 saturated heterocycles. The minimum absolute atomic E-state index is 0.831. The molecule has 11 heavy (non-hydrogen) atoms. The topological polar surface area (TPSA) is 12.2 Å². The number of ether oxygens (including phenoxy) is 1. The van der Waals surface area contributed by atoms with Crippen molar-refractivity contribution in [2.24, 2.45) is 5.92 Å². The van der Waals surface area contributed by atoms with Crippen LogP contribution in [0.15, 0.2) is 0 Å². The Hall–Kier alpha value is -0.0800. The molecule has 2 nitrogen and oxygen atoms in total. The van der Waals surface area contributed by atoms with Gasteiger partial charge in [0.2, 0.25) is 0 Å². The molecule has 1 fully saturated rings. The van der Waals surface area contributed by atoms with Crippen LogP contribution in [0.25, 0.3) is 0 Å². The molecule has 0 saturated carbocycles. The van der Waals surface area contributed by atoms with Gasteiger partial charge in [0.25, 0.3) is 0 Å². The first kappa shape index (κ1) is 9.01. The molecular weight excluding hydrogens is 138 g/mol. The summed E-state index contributed by atoms with van der Waals surface area (Å²) < 4.78 is 4.99. The minimum atomic E-state index is 0.831. The Balaban J connectivity index is 1.96. The van der Waals surface area contributed by atoms with E-state index in [-0.39, 0.29) is 0 Å². The van der Waals surface area contributed by atoms with Gasteiger partial charge in [0.1, 0.15) is 0 Å². The molecule has 2 heteroatoms. The second-order valence-corrected chi connectivity index (χ2v) is 3.65. The average molecular weight is 157 g/mol. The average Bonchev–Trinajstić information content (AvgIpc) is 2.68. The molecule has 66 valence electrons. The molecule has 2 atom stereocenters. The summed E-state index contributed by atoms with van der Waals surface area (Å²) >= 11 is 0. The van der Waals surface area contributed by atoms with E-state index in [2.05, 4.69) is 18.7 Å². The third-order valence-corrected chi connectivity index (χ3v) is 2.32. The van der Waals surface area contributed by atoms with Crippen molar-refractivity contribution >= 4 is 0 Å². The van der Waals surface area contributed by atoms with Gasteiger partial charge in [0.05, 0.1) is 0 Å². The van der Waals surface area contributed by atoms with E-state index in [0.717, 1.165) is 18.6 Å². The molecule has 0 spiro atoms. The van der Waals surface area contributed by atoms with E-state index in [9.17, 15) is 0 Å². The van der Waals surface area contributed by atoms with E-state index in [1.165, 1.54) is 19.5 Å². The Morgan fingerprint density at radius 1 is 1.55 bits per heavy atom. The summed E-state index contributed by atoms with van der Waals surface area (Å²) in [5.41, 5.74) is 0. The number of hydrogen-bond donors (Lipinski definition) is 0. The maximum Gasteiger partial charge on any atom is 0.0474 e. The van der Waals surface area contributed by atoms with Gasteiger partial charge >= 0.3 is 0 Å². The number of rotatable bonds is 5. The second kappa shape index (κ2) is 4.07. The maximum absolute atomic E-state index is 4.99. The SMILES string of the molecule is COCCCN1C[C@@H]1C(C)C. The van der Waals surface area contributed by atoms with E-state index >= 15 is 0 Å². The molecule has 1 unspecified atom stereocenters. The number of methoxy groups -OCH3 is 1. The fraction of sp³-hybridized carbons (Fsp3) is 1.00. The maximum atomic E-state index is 4.99. The van der Waals surface area contributed by atoms with Gasteiger partial charge in [-0.2, -0.15) is 0 Å². The van der Waals surface area contributed by atoms with Crippen LogP contribution in [0.1, 0.15) is 20.3 Å². The Labute approximate surface area is 69.5 Å². The number of hydrogen-bond acceptors (Lipinski definition) is 2. The van der Waals surface area contributed by atoms with E-state index in [1.54, 1.807) is 7.11 Å². The zero-order valence-corrected chi connectivity index (χ0v) is 7.84. The third kappa shape index (κ3) is 2.80. The summed E-state index contributed by atoms with van der Waals surface area (Å²) in [5, 5.41) is 0. The van der Waals surface area contributed by atoms with Gasteiger partial charge in [-0.05, 0) is 12.3 Å². The molecule has 0 radical (unpaired) electrons. The third-order valence-electron chi connectivity index (χ3n) is 2.32. The summed E-state index contributed by atoms with van der Waals surface area (Å²) in [6.07, 6.45) is 1.18. The molecule has 1 aliphatic rings. The molecule has 0 aromatic rings. The van der Waals surface area contributed by atoms with Crippen LogP contribution in [0.4, 0.5) is 0 Å². The zero-order chi connectivity index (χ0) is 8.27. The molecular formula is C9H19NO. The monoisotopic (exact) mass is 157 g/mol. The first-order chi connectivity index (χ1) is 5.25. The lowest BCUT2D eigenvalue weighted by Gasteiger charge is -2.04. The summed E-state index contributed by atoms with van der Waals surface area (Å²) in [4.78, 5) is 2.52. The van der Waals surface area contributed by atoms with Crippen molar-refractivity contribution in [1.82, 2.24) is 4.90 Å². The van der Waals surface area contributed by atoms with E-state index in [4.69, 9.17) is 4.74 Å². The highest BCUT2D eigenvalue weighted by Gasteiger charge is 2.35. The Bertz CT molecular complexity index is 114. The smallest absolute Gasteiger partial charge is 0.0474 e. The number of nitrogens with zero attached hydrogens (tertiary/aromatic N) is 1. The van der Waals surface area contributed by atoms with Gasteiger partial charge in [-0.25, -0.2) is 0 Å². The lowest BCUT2D eigenvalue weighted by atomic mass is 10.1. The molecule has 0 aromatic carbocycles. The molecule has 0 aromatic heterocycles. The van der Waals surface area contributed by atoms with Crippen molar-refractivity contribution in [3.63, 3.8) is 0 Å². The van der Waals surface area contributed by atoms with Crippen LogP contribution in [0, 0.1) is 5.92 Å². The van der Waals surface area contributed by atoms with Crippen LogP contribution in [-0.4, -0.2) is 37.7 Å². The first-order valence-electron chi connectivity index (χ1n) is 4.48. The summed E-state index contributed by atoms with van der Waals surface area (Å²) in [6.45, 7) is 8.02. The minimum Gasteiger partial charge on any atom is -0.385 e. The summed E-state index contributed by atoms with van der Waals surface area (Å²) in [6, 6.07) is 0.867. The zero-order valence-electron chi connectivity index (χ0n) is 7.84. The van der Waals surface area contributed by atoms with Crippen LogP contribution in [0.5, 0.6) is 0 Å². The van der Waals surface area contributed by atoms with E-state index in [1.807, 2.05) is 0 Å². The van der Waals surface area contributed by atoms with Crippen LogP contribution < -0.4 is 0 Å². The lowest BCUT2D eigenvalue weighted by molar-refractivity contribution is 0.188. The molecule has 0 N–H and O–H groups in total. The van der Waals surface area contributed by atoms with Crippen molar-refractivity contribution in [2.75, 3.05) is 26.8 Å². The predicted octanol–water partition coefficient (Wildman–Crippen LogP) is 1.36. The van der Waals surface area contributed by atoms with Gasteiger partial charge in [-0.1, -0.05) is 13.8 Å². The molecule has 1 aliphatic heterocycles. The normalized spacial score (nSPS) is 29.5. The van der Waals surface area contributed by atoms with Gasteiger partial charge in [-0.15, -0.1) is 0 Å². The fourth-order valence-corrected chi connectivity index (χ4v) is 1.49. The Kier molecular flexibility index (Phi) is 3.34. The summed E-state index contributed by atoms with van der Waals surface area (Å²) in [5.74, 6) is 0.831. The van der Waals surface area contributed by atoms with Gasteiger partial charge < -0.3 is 4.74 Å². The standard InChI is InChI=1S/C9H19NO/c1-8(2)9-7-10(9)5-4-6-11-3/h8-9H,4-7H2,1-3H3/t9-,10?/m1/s1. The van der Waals surface area contributed by atoms with E-state index < -0.39 is 0 Å². The highest BCUT2D eigenvalue weighted by atomic mass is 16.5. The van der Waals surface area contributed by atoms with Crippen molar-refractivity contribution < 1.29 is 4.74 Å². The van der Waals surface area contributed by atoms with E-state index in [0.29, 0.717) is 0 Å². The van der Waals surface area contributed by atoms with Crippen LogP contribution in [-0.2, 0) is 4.74 Å². The van der Waals surface area contributed by atoms with Gasteiger partial charge in [-0.3, -0.25) is 4.90 Å². The summed E-state index contributed by atoms with van der Waals surface area (Å²) in [7, 11) is 1.77. The van der Waals surface area contributed by atoms with Gasteiger partial charge in [0.15, 0.2) is 0 Å². The Morgan fingerprint density at radius 3 is 2.73 bits per heavy atom. The molecule has 0 aliphatic carbocycles. The van der Waals surface area contributed by atoms with Crippen molar-refractivity contribution in [1.29, 1.82) is 0 Å². The van der Waals surface area contributed by atoms with Crippen LogP contribution >= 0.6 is 0 Å². The van der Waals surface area contributed by atoms with Crippen molar-refractivity contribution in [2.45, 2.75) is 26.3 Å². The highest BCUT2D eigenvalue weighted by Crippen LogP contribution is 2.24.